The van der Waals surface area contributed by atoms with Crippen LogP contribution in [0.4, 0.5) is 0 Å². The molecule has 0 aliphatic carbocycles. The van der Waals surface area contributed by atoms with Crippen LogP contribution in [0.5, 0.6) is 11.5 Å². The number of rotatable bonds is 6. The average molecular weight is 304 g/mol. The molecule has 0 amide bonds. The summed E-state index contributed by atoms with van der Waals surface area (Å²) >= 11 is 5.86. The van der Waals surface area contributed by atoms with Gasteiger partial charge in [0, 0.05) is 11.6 Å². The van der Waals surface area contributed by atoms with Crippen LogP contribution in [-0.2, 0) is 6.42 Å². The minimum absolute atomic E-state index is 0.642. The molecule has 2 rings (SSSR count). The number of halogens is 1. The van der Waals surface area contributed by atoms with E-state index in [0.717, 1.165) is 24.5 Å². The molecule has 0 heterocycles. The molecule has 21 heavy (non-hydrogen) atoms. The van der Waals surface area contributed by atoms with Gasteiger partial charge >= 0.3 is 0 Å². The molecular weight excluding hydrogens is 282 g/mol. The third kappa shape index (κ3) is 5.41. The second-order valence-corrected chi connectivity index (χ2v) is 6.21. The van der Waals surface area contributed by atoms with Gasteiger partial charge in [-0.1, -0.05) is 30.7 Å². The van der Waals surface area contributed by atoms with E-state index in [4.69, 9.17) is 16.3 Å². The number of nitrogens with zero attached hydrogens (tertiary/aromatic N) is 1. The molecule has 0 saturated heterocycles. The summed E-state index contributed by atoms with van der Waals surface area (Å²) in [5, 5.41) is 0.715. The van der Waals surface area contributed by atoms with Crippen molar-refractivity contribution in [3.63, 3.8) is 0 Å². The van der Waals surface area contributed by atoms with Gasteiger partial charge in [0.15, 0.2) is 0 Å². The van der Waals surface area contributed by atoms with Crippen LogP contribution in [0.2, 0.25) is 5.02 Å². The third-order valence-corrected chi connectivity index (χ3v) is 3.49. The van der Waals surface area contributed by atoms with Gasteiger partial charge in [0.2, 0.25) is 0 Å². The van der Waals surface area contributed by atoms with Crippen molar-refractivity contribution in [2.45, 2.75) is 13.3 Å². The van der Waals surface area contributed by atoms with Crippen molar-refractivity contribution < 1.29 is 4.74 Å². The fraction of sp³-hybridized carbons (Fsp3) is 0.333. The zero-order chi connectivity index (χ0) is 15.2. The fourth-order valence-electron chi connectivity index (χ4n) is 2.42. The van der Waals surface area contributed by atoms with E-state index < -0.39 is 0 Å². The van der Waals surface area contributed by atoms with Gasteiger partial charge in [-0.2, -0.15) is 0 Å². The predicted molar refractivity (Wildman–Crippen MR) is 89.4 cm³/mol. The molecule has 0 radical (unpaired) electrons. The van der Waals surface area contributed by atoms with Gasteiger partial charge in [0.25, 0.3) is 0 Å². The second kappa shape index (κ2) is 7.48. The smallest absolute Gasteiger partial charge is 0.127 e. The Bertz CT molecular complexity index is 548. The van der Waals surface area contributed by atoms with Gasteiger partial charge < -0.3 is 9.64 Å². The largest absolute Gasteiger partial charge is 0.457 e. The van der Waals surface area contributed by atoms with Gasteiger partial charge in [-0.15, -0.1) is 0 Å². The lowest BCUT2D eigenvalue weighted by Crippen LogP contribution is -2.21. The predicted octanol–water partition coefficient (Wildman–Crippen LogP) is 4.87. The first-order valence-corrected chi connectivity index (χ1v) is 7.58. The summed E-state index contributed by atoms with van der Waals surface area (Å²) in [5.74, 6) is 2.29. The molecule has 0 aliphatic heterocycles. The normalized spacial score (nSPS) is 12.4. The maximum atomic E-state index is 5.86. The molecule has 0 bridgehead atoms. The van der Waals surface area contributed by atoms with E-state index in [-0.39, 0.29) is 0 Å². The van der Waals surface area contributed by atoms with Crippen molar-refractivity contribution in [2.24, 2.45) is 5.92 Å². The van der Waals surface area contributed by atoms with Gasteiger partial charge in [-0.05, 0) is 68.4 Å². The Morgan fingerprint density at radius 1 is 0.952 bits per heavy atom. The number of hydrogen-bond donors (Lipinski definition) is 0. The van der Waals surface area contributed by atoms with Crippen LogP contribution >= 0.6 is 11.6 Å². The van der Waals surface area contributed by atoms with Crippen LogP contribution in [0.1, 0.15) is 12.5 Å². The van der Waals surface area contributed by atoms with E-state index in [0.29, 0.717) is 10.9 Å². The SMILES string of the molecule is CC(Cc1ccc(Oc2ccc(Cl)cc2)cc1)CN(C)C. The first-order valence-electron chi connectivity index (χ1n) is 7.20. The first kappa shape index (κ1) is 15.9. The highest BCUT2D eigenvalue weighted by Gasteiger charge is 2.05. The third-order valence-electron chi connectivity index (χ3n) is 3.23. The summed E-state index contributed by atoms with van der Waals surface area (Å²) in [7, 11) is 4.22. The van der Waals surface area contributed by atoms with E-state index in [1.165, 1.54) is 5.56 Å². The van der Waals surface area contributed by atoms with Crippen LogP contribution < -0.4 is 4.74 Å². The molecule has 112 valence electrons. The Balaban J connectivity index is 1.94. The Kier molecular flexibility index (Phi) is 5.66. The number of hydrogen-bond acceptors (Lipinski definition) is 2. The Morgan fingerprint density at radius 2 is 1.48 bits per heavy atom. The molecule has 0 aromatic heterocycles. The second-order valence-electron chi connectivity index (χ2n) is 5.77. The van der Waals surface area contributed by atoms with Crippen molar-refractivity contribution >= 4 is 11.6 Å². The summed E-state index contributed by atoms with van der Waals surface area (Å²) < 4.78 is 5.79. The lowest BCUT2D eigenvalue weighted by Gasteiger charge is -2.17. The van der Waals surface area contributed by atoms with E-state index in [1.807, 2.05) is 36.4 Å². The standard InChI is InChI=1S/C18H22ClNO/c1-14(13-20(2)3)12-15-4-8-17(9-5-15)21-18-10-6-16(19)7-11-18/h4-11,14H,12-13H2,1-3H3. The maximum Gasteiger partial charge on any atom is 0.127 e. The maximum absolute atomic E-state index is 5.86. The van der Waals surface area contributed by atoms with Gasteiger partial charge in [-0.3, -0.25) is 0 Å². The molecule has 0 fully saturated rings. The van der Waals surface area contributed by atoms with Crippen molar-refractivity contribution in [3.8, 4) is 11.5 Å². The molecule has 1 atom stereocenters. The van der Waals surface area contributed by atoms with Gasteiger partial charge in [-0.25, -0.2) is 0 Å². The van der Waals surface area contributed by atoms with Gasteiger partial charge in [0.05, 0.1) is 0 Å². The van der Waals surface area contributed by atoms with E-state index in [1.54, 1.807) is 0 Å². The monoisotopic (exact) mass is 303 g/mol. The summed E-state index contributed by atoms with van der Waals surface area (Å²) in [5.41, 5.74) is 1.34. The molecule has 2 aromatic carbocycles. The summed E-state index contributed by atoms with van der Waals surface area (Å²) in [6, 6.07) is 15.7. The van der Waals surface area contributed by atoms with Crippen molar-refractivity contribution in [3.05, 3.63) is 59.1 Å². The topological polar surface area (TPSA) is 12.5 Å². The molecule has 2 nitrogen and oxygen atoms in total. The fourth-order valence-corrected chi connectivity index (χ4v) is 2.55. The van der Waals surface area contributed by atoms with E-state index in [2.05, 4.69) is 38.1 Å². The Morgan fingerprint density at radius 3 is 2.00 bits per heavy atom. The minimum atomic E-state index is 0.642. The summed E-state index contributed by atoms with van der Waals surface area (Å²) in [6.45, 7) is 3.38. The Hall–Kier alpha value is -1.51. The summed E-state index contributed by atoms with van der Waals surface area (Å²) in [4.78, 5) is 2.22. The highest BCUT2D eigenvalue weighted by Crippen LogP contribution is 2.23. The first-order chi connectivity index (χ1) is 10.0. The highest BCUT2D eigenvalue weighted by atomic mass is 35.5. The number of benzene rings is 2. The van der Waals surface area contributed by atoms with Gasteiger partial charge in [0.1, 0.15) is 11.5 Å². The van der Waals surface area contributed by atoms with E-state index >= 15 is 0 Å². The van der Waals surface area contributed by atoms with Crippen LogP contribution in [-0.4, -0.2) is 25.5 Å². The average Bonchev–Trinajstić information content (AvgIpc) is 2.42. The number of ether oxygens (including phenoxy) is 1. The van der Waals surface area contributed by atoms with Crippen LogP contribution in [0.15, 0.2) is 48.5 Å². The van der Waals surface area contributed by atoms with Crippen LogP contribution in [0.3, 0.4) is 0 Å². The van der Waals surface area contributed by atoms with Crippen LogP contribution in [0.25, 0.3) is 0 Å². The van der Waals surface area contributed by atoms with Crippen LogP contribution in [0, 0.1) is 5.92 Å². The Labute approximate surface area is 132 Å². The minimum Gasteiger partial charge on any atom is -0.457 e. The summed E-state index contributed by atoms with van der Waals surface area (Å²) in [6.07, 6.45) is 1.08. The van der Waals surface area contributed by atoms with Crippen molar-refractivity contribution in [1.82, 2.24) is 4.90 Å². The molecular formula is C18H22ClNO. The van der Waals surface area contributed by atoms with Crippen molar-refractivity contribution in [1.29, 1.82) is 0 Å². The lowest BCUT2D eigenvalue weighted by atomic mass is 10.0. The zero-order valence-corrected chi connectivity index (χ0v) is 13.6. The molecule has 2 aromatic rings. The molecule has 0 saturated carbocycles. The molecule has 0 spiro atoms. The molecule has 0 aliphatic rings. The van der Waals surface area contributed by atoms with Crippen molar-refractivity contribution in [2.75, 3.05) is 20.6 Å². The molecule has 0 N–H and O–H groups in total. The lowest BCUT2D eigenvalue weighted by molar-refractivity contribution is 0.338. The van der Waals surface area contributed by atoms with E-state index in [9.17, 15) is 0 Å². The molecule has 3 heteroatoms. The highest BCUT2D eigenvalue weighted by molar-refractivity contribution is 6.30. The quantitative estimate of drug-likeness (QED) is 0.754. The molecule has 1 unspecified atom stereocenters. The zero-order valence-electron chi connectivity index (χ0n) is 12.8.